The number of rotatable bonds is 2. The van der Waals surface area contributed by atoms with Crippen molar-refractivity contribution in [3.05, 3.63) is 22.4 Å². The summed E-state index contributed by atoms with van der Waals surface area (Å²) < 4.78 is 0. The van der Waals surface area contributed by atoms with Crippen LogP contribution >= 0.6 is 11.3 Å². The van der Waals surface area contributed by atoms with Crippen LogP contribution in [0.1, 0.15) is 32.3 Å². The van der Waals surface area contributed by atoms with Gasteiger partial charge in [-0.3, -0.25) is 4.79 Å². The summed E-state index contributed by atoms with van der Waals surface area (Å²) in [5, 5.41) is 13.9. The predicted octanol–water partition coefficient (Wildman–Crippen LogP) is 2.30. The highest BCUT2D eigenvalue weighted by Gasteiger charge is 2.31. The number of carbonyl (C=O) groups is 1. The van der Waals surface area contributed by atoms with Gasteiger partial charge in [0.25, 0.3) is 0 Å². The van der Waals surface area contributed by atoms with Crippen molar-refractivity contribution in [1.29, 1.82) is 0 Å². The number of aliphatic hydroxyl groups excluding tert-OH is 1. The Morgan fingerprint density at radius 1 is 1.61 bits per heavy atom. The molecule has 3 nitrogen and oxygen atoms in total. The van der Waals surface area contributed by atoms with Crippen molar-refractivity contribution in [2.75, 3.05) is 13.1 Å². The predicted molar refractivity (Wildman–Crippen MR) is 73.6 cm³/mol. The van der Waals surface area contributed by atoms with Gasteiger partial charge < -0.3 is 10.0 Å². The third-order valence-electron chi connectivity index (χ3n) is 3.43. The number of aliphatic hydroxyl groups is 1. The van der Waals surface area contributed by atoms with Crippen molar-refractivity contribution in [2.45, 2.75) is 39.2 Å². The van der Waals surface area contributed by atoms with E-state index in [1.807, 2.05) is 21.7 Å². The minimum Gasteiger partial charge on any atom is -0.393 e. The molecule has 0 radical (unpaired) electrons. The number of amides is 1. The average Bonchev–Trinajstić information content (AvgIpc) is 2.70. The van der Waals surface area contributed by atoms with Gasteiger partial charge in [-0.15, -0.1) is 0 Å². The molecule has 1 aromatic rings. The monoisotopic (exact) mass is 267 g/mol. The minimum absolute atomic E-state index is 0.000221. The van der Waals surface area contributed by atoms with E-state index < -0.39 is 0 Å². The molecule has 1 saturated heterocycles. The van der Waals surface area contributed by atoms with Crippen LogP contribution in [0.15, 0.2) is 16.8 Å². The van der Waals surface area contributed by atoms with Gasteiger partial charge in [-0.05, 0) is 40.6 Å². The fourth-order valence-corrected chi connectivity index (χ4v) is 3.27. The van der Waals surface area contributed by atoms with Gasteiger partial charge in [-0.2, -0.15) is 11.3 Å². The summed E-state index contributed by atoms with van der Waals surface area (Å²) in [5.41, 5.74) is 1.09. The Balaban J connectivity index is 2.01. The maximum absolute atomic E-state index is 12.3. The maximum Gasteiger partial charge on any atom is 0.227 e. The largest absolute Gasteiger partial charge is 0.393 e. The van der Waals surface area contributed by atoms with Gasteiger partial charge >= 0.3 is 0 Å². The van der Waals surface area contributed by atoms with Crippen LogP contribution < -0.4 is 0 Å². The molecule has 18 heavy (non-hydrogen) atoms. The molecule has 1 atom stereocenters. The Morgan fingerprint density at radius 2 is 2.39 bits per heavy atom. The first-order valence-corrected chi connectivity index (χ1v) is 7.37. The lowest BCUT2D eigenvalue weighted by Gasteiger charge is -2.29. The molecule has 0 aromatic carbocycles. The molecular formula is C14H21NO2S. The fraction of sp³-hybridized carbons (Fsp3) is 0.643. The number of carbonyl (C=O) groups excluding carboxylic acids is 1. The van der Waals surface area contributed by atoms with E-state index in [2.05, 4.69) is 13.8 Å². The van der Waals surface area contributed by atoms with Gasteiger partial charge in [0.15, 0.2) is 0 Å². The fourth-order valence-electron chi connectivity index (χ4n) is 2.60. The summed E-state index contributed by atoms with van der Waals surface area (Å²) in [5.74, 6) is 0.176. The third-order valence-corrected chi connectivity index (χ3v) is 4.16. The van der Waals surface area contributed by atoms with E-state index in [0.717, 1.165) is 18.5 Å². The van der Waals surface area contributed by atoms with Crippen molar-refractivity contribution in [1.82, 2.24) is 4.90 Å². The smallest absolute Gasteiger partial charge is 0.227 e. The summed E-state index contributed by atoms with van der Waals surface area (Å²) in [6.07, 6.45) is 1.67. The second-order valence-electron chi connectivity index (χ2n) is 5.93. The van der Waals surface area contributed by atoms with Gasteiger partial charge in [0.1, 0.15) is 0 Å². The summed E-state index contributed by atoms with van der Waals surface area (Å²) in [4.78, 5) is 14.2. The van der Waals surface area contributed by atoms with Crippen molar-refractivity contribution >= 4 is 17.2 Å². The van der Waals surface area contributed by atoms with Crippen LogP contribution in [0.4, 0.5) is 0 Å². The highest BCUT2D eigenvalue weighted by atomic mass is 32.1. The first kappa shape index (κ1) is 13.6. The van der Waals surface area contributed by atoms with E-state index in [1.165, 1.54) is 0 Å². The van der Waals surface area contributed by atoms with Gasteiger partial charge in [0, 0.05) is 13.1 Å². The molecule has 2 rings (SSSR count). The Kier molecular flexibility index (Phi) is 4.07. The van der Waals surface area contributed by atoms with Crippen molar-refractivity contribution < 1.29 is 9.90 Å². The van der Waals surface area contributed by atoms with E-state index in [4.69, 9.17) is 0 Å². The Bertz CT molecular complexity index is 400. The standard InChI is InChI=1S/C14H21NO2S/c1-14(2)8-12(16)3-5-15(10-14)13(17)7-11-4-6-18-9-11/h4,6,9,12,16H,3,5,7-8,10H2,1-2H3/t12-/m1/s1. The number of hydrogen-bond acceptors (Lipinski definition) is 3. The second-order valence-corrected chi connectivity index (χ2v) is 6.71. The molecule has 1 aliphatic heterocycles. The van der Waals surface area contributed by atoms with E-state index in [-0.39, 0.29) is 17.4 Å². The Hall–Kier alpha value is -0.870. The molecule has 0 unspecified atom stereocenters. The van der Waals surface area contributed by atoms with Crippen molar-refractivity contribution in [3.8, 4) is 0 Å². The molecular weight excluding hydrogens is 246 g/mol. The van der Waals surface area contributed by atoms with Gasteiger partial charge in [0.2, 0.25) is 5.91 Å². The molecule has 1 N–H and O–H groups in total. The topological polar surface area (TPSA) is 40.5 Å². The molecule has 0 spiro atoms. The van der Waals surface area contributed by atoms with Crippen LogP contribution in [0.5, 0.6) is 0 Å². The third kappa shape index (κ3) is 3.56. The first-order chi connectivity index (χ1) is 8.46. The zero-order chi connectivity index (χ0) is 13.2. The SMILES string of the molecule is CC1(C)C[C@H](O)CCN(C(=O)Cc2ccsc2)C1. The highest BCUT2D eigenvalue weighted by Crippen LogP contribution is 2.28. The zero-order valence-corrected chi connectivity index (χ0v) is 11.9. The van der Waals surface area contributed by atoms with E-state index in [9.17, 15) is 9.90 Å². The zero-order valence-electron chi connectivity index (χ0n) is 11.1. The number of hydrogen-bond donors (Lipinski definition) is 1. The van der Waals surface area contributed by atoms with Crippen LogP contribution in [-0.4, -0.2) is 35.1 Å². The van der Waals surface area contributed by atoms with E-state index >= 15 is 0 Å². The van der Waals surface area contributed by atoms with Gasteiger partial charge in [-0.25, -0.2) is 0 Å². The molecule has 1 fully saturated rings. The number of nitrogens with zero attached hydrogens (tertiary/aromatic N) is 1. The second kappa shape index (κ2) is 5.41. The van der Waals surface area contributed by atoms with Crippen molar-refractivity contribution in [2.24, 2.45) is 5.41 Å². The lowest BCUT2D eigenvalue weighted by atomic mass is 9.87. The molecule has 0 bridgehead atoms. The highest BCUT2D eigenvalue weighted by molar-refractivity contribution is 7.07. The van der Waals surface area contributed by atoms with E-state index in [0.29, 0.717) is 19.4 Å². The molecule has 1 amide bonds. The van der Waals surface area contributed by atoms with Gasteiger partial charge in [-0.1, -0.05) is 13.8 Å². The van der Waals surface area contributed by atoms with Crippen LogP contribution in [0.25, 0.3) is 0 Å². The summed E-state index contributed by atoms with van der Waals surface area (Å²) in [7, 11) is 0. The lowest BCUT2D eigenvalue weighted by Crippen LogP contribution is -2.38. The summed E-state index contributed by atoms with van der Waals surface area (Å²) in [6, 6.07) is 2.00. The molecule has 2 heterocycles. The van der Waals surface area contributed by atoms with Crippen LogP contribution in [0.3, 0.4) is 0 Å². The minimum atomic E-state index is -0.279. The number of likely N-dealkylation sites (tertiary alicyclic amines) is 1. The quantitative estimate of drug-likeness (QED) is 0.893. The molecule has 1 aromatic heterocycles. The molecule has 4 heteroatoms. The first-order valence-electron chi connectivity index (χ1n) is 6.43. The van der Waals surface area contributed by atoms with Gasteiger partial charge in [0.05, 0.1) is 12.5 Å². The molecule has 1 aliphatic rings. The lowest BCUT2D eigenvalue weighted by molar-refractivity contribution is -0.131. The van der Waals surface area contributed by atoms with Crippen LogP contribution in [0, 0.1) is 5.41 Å². The molecule has 0 saturated carbocycles. The summed E-state index contributed by atoms with van der Waals surface area (Å²) >= 11 is 1.62. The Labute approximate surface area is 112 Å². The molecule has 100 valence electrons. The number of thiophene rings is 1. The maximum atomic E-state index is 12.3. The Morgan fingerprint density at radius 3 is 3.06 bits per heavy atom. The normalized spacial score (nSPS) is 23.7. The molecule has 0 aliphatic carbocycles. The average molecular weight is 267 g/mol. The van der Waals surface area contributed by atoms with Crippen LogP contribution in [-0.2, 0) is 11.2 Å². The van der Waals surface area contributed by atoms with Crippen molar-refractivity contribution in [3.63, 3.8) is 0 Å². The summed E-state index contributed by atoms with van der Waals surface area (Å²) in [6.45, 7) is 5.65. The van der Waals surface area contributed by atoms with E-state index in [1.54, 1.807) is 11.3 Å². The van der Waals surface area contributed by atoms with Crippen LogP contribution in [0.2, 0.25) is 0 Å².